The zero-order valence-corrected chi connectivity index (χ0v) is 10.8. The summed E-state index contributed by atoms with van der Waals surface area (Å²) in [4.78, 5) is 0. The van der Waals surface area contributed by atoms with Crippen molar-refractivity contribution in [3.05, 3.63) is 34.6 Å². The summed E-state index contributed by atoms with van der Waals surface area (Å²) in [6.45, 7) is 6.42. The van der Waals surface area contributed by atoms with E-state index >= 15 is 0 Å². The molecule has 1 rings (SSSR count). The molecule has 2 unspecified atom stereocenters. The maximum absolute atomic E-state index is 13.2. The molecule has 1 aromatic rings. The van der Waals surface area contributed by atoms with E-state index in [0.29, 0.717) is 18.3 Å². The lowest BCUT2D eigenvalue weighted by Gasteiger charge is -2.23. The summed E-state index contributed by atoms with van der Waals surface area (Å²) < 4.78 is 13.2. The van der Waals surface area contributed by atoms with E-state index in [4.69, 9.17) is 17.3 Å². The lowest BCUT2D eigenvalue weighted by molar-refractivity contribution is 0.344. The minimum Gasteiger partial charge on any atom is -0.327 e. The fraction of sp³-hybridized carbons (Fsp3) is 0.538. The molecule has 0 saturated heterocycles. The largest absolute Gasteiger partial charge is 0.327 e. The third-order valence-electron chi connectivity index (χ3n) is 3.18. The molecule has 0 amide bonds. The van der Waals surface area contributed by atoms with Gasteiger partial charge < -0.3 is 5.73 Å². The molecular formula is C13H19ClFN. The molecule has 0 aromatic heterocycles. The molecule has 0 aliphatic carbocycles. The molecule has 90 valence electrons. The second-order valence-electron chi connectivity index (χ2n) is 4.72. The van der Waals surface area contributed by atoms with Crippen LogP contribution in [0.5, 0.6) is 0 Å². The number of benzene rings is 1. The van der Waals surface area contributed by atoms with Crippen molar-refractivity contribution < 1.29 is 4.39 Å². The second-order valence-corrected chi connectivity index (χ2v) is 5.13. The number of rotatable bonds is 4. The molecule has 1 nitrogen and oxygen atoms in total. The lowest BCUT2D eigenvalue weighted by atomic mass is 9.87. The van der Waals surface area contributed by atoms with Crippen LogP contribution >= 0.6 is 11.6 Å². The van der Waals surface area contributed by atoms with Crippen LogP contribution in [0.4, 0.5) is 4.39 Å². The van der Waals surface area contributed by atoms with Crippen molar-refractivity contribution in [1.82, 2.24) is 0 Å². The highest BCUT2D eigenvalue weighted by Gasteiger charge is 2.17. The van der Waals surface area contributed by atoms with Crippen LogP contribution in [-0.4, -0.2) is 6.04 Å². The highest BCUT2D eigenvalue weighted by Crippen LogP contribution is 2.20. The Morgan fingerprint density at radius 3 is 2.44 bits per heavy atom. The average molecular weight is 244 g/mol. The quantitative estimate of drug-likeness (QED) is 0.859. The molecular weight excluding hydrogens is 225 g/mol. The van der Waals surface area contributed by atoms with Crippen molar-refractivity contribution in [3.8, 4) is 0 Å². The molecule has 2 atom stereocenters. The maximum atomic E-state index is 13.2. The van der Waals surface area contributed by atoms with Gasteiger partial charge in [-0.2, -0.15) is 0 Å². The standard InChI is InChI=1S/C13H19ClFN/c1-8(2)9(3)13(16)7-10-4-5-11(14)12(15)6-10/h4-6,8-9,13H,7,16H2,1-3H3. The van der Waals surface area contributed by atoms with Crippen LogP contribution in [0.25, 0.3) is 0 Å². The van der Waals surface area contributed by atoms with Crippen LogP contribution in [0.15, 0.2) is 18.2 Å². The molecule has 2 N–H and O–H groups in total. The first kappa shape index (κ1) is 13.5. The number of halogens is 2. The van der Waals surface area contributed by atoms with Gasteiger partial charge in [-0.3, -0.25) is 0 Å². The van der Waals surface area contributed by atoms with Gasteiger partial charge in [0, 0.05) is 6.04 Å². The highest BCUT2D eigenvalue weighted by atomic mass is 35.5. The van der Waals surface area contributed by atoms with Gasteiger partial charge in [0.05, 0.1) is 5.02 Å². The van der Waals surface area contributed by atoms with Crippen LogP contribution in [-0.2, 0) is 6.42 Å². The minimum absolute atomic E-state index is 0.0561. The number of hydrogen-bond donors (Lipinski definition) is 1. The summed E-state index contributed by atoms with van der Waals surface area (Å²) in [5, 5.41) is 0.161. The summed E-state index contributed by atoms with van der Waals surface area (Å²) in [6, 6.07) is 4.94. The van der Waals surface area contributed by atoms with E-state index in [1.807, 2.05) is 6.07 Å². The fourth-order valence-electron chi connectivity index (χ4n) is 1.62. The van der Waals surface area contributed by atoms with Crippen LogP contribution in [0.1, 0.15) is 26.3 Å². The zero-order chi connectivity index (χ0) is 12.3. The van der Waals surface area contributed by atoms with E-state index < -0.39 is 0 Å². The first-order valence-corrected chi connectivity index (χ1v) is 5.99. The number of hydrogen-bond acceptors (Lipinski definition) is 1. The molecule has 0 fully saturated rings. The topological polar surface area (TPSA) is 26.0 Å². The molecule has 16 heavy (non-hydrogen) atoms. The Hall–Kier alpha value is -0.600. The van der Waals surface area contributed by atoms with E-state index in [1.54, 1.807) is 6.07 Å². The van der Waals surface area contributed by atoms with Crippen LogP contribution in [0, 0.1) is 17.7 Å². The van der Waals surface area contributed by atoms with Gasteiger partial charge in [0.25, 0.3) is 0 Å². The van der Waals surface area contributed by atoms with E-state index in [1.165, 1.54) is 6.07 Å². The maximum Gasteiger partial charge on any atom is 0.142 e. The monoisotopic (exact) mass is 243 g/mol. The first-order chi connectivity index (χ1) is 7.41. The van der Waals surface area contributed by atoms with Gasteiger partial charge in [-0.25, -0.2) is 4.39 Å². The van der Waals surface area contributed by atoms with Gasteiger partial charge in [0.1, 0.15) is 5.82 Å². The molecule has 0 bridgehead atoms. The van der Waals surface area contributed by atoms with Crippen molar-refractivity contribution in [2.75, 3.05) is 0 Å². The van der Waals surface area contributed by atoms with E-state index in [9.17, 15) is 4.39 Å². The van der Waals surface area contributed by atoms with Gasteiger partial charge in [0.2, 0.25) is 0 Å². The molecule has 0 heterocycles. The predicted molar refractivity (Wildman–Crippen MR) is 67.1 cm³/mol. The van der Waals surface area contributed by atoms with Crippen molar-refractivity contribution in [2.24, 2.45) is 17.6 Å². The van der Waals surface area contributed by atoms with E-state index in [-0.39, 0.29) is 16.9 Å². The highest BCUT2D eigenvalue weighted by molar-refractivity contribution is 6.30. The summed E-state index contributed by atoms with van der Waals surface area (Å²) >= 11 is 5.62. The third kappa shape index (κ3) is 3.46. The van der Waals surface area contributed by atoms with Crippen molar-refractivity contribution in [2.45, 2.75) is 33.2 Å². The first-order valence-electron chi connectivity index (χ1n) is 5.61. The van der Waals surface area contributed by atoms with Crippen LogP contribution in [0.2, 0.25) is 5.02 Å². The Morgan fingerprint density at radius 2 is 1.94 bits per heavy atom. The number of nitrogens with two attached hydrogens (primary N) is 1. The van der Waals surface area contributed by atoms with Gasteiger partial charge in [-0.05, 0) is 36.0 Å². The molecule has 0 saturated carbocycles. The molecule has 0 aliphatic heterocycles. The summed E-state index contributed by atoms with van der Waals surface area (Å²) in [6.07, 6.45) is 0.688. The second kappa shape index (κ2) is 5.65. The Balaban J connectivity index is 2.69. The molecule has 0 spiro atoms. The molecule has 3 heteroatoms. The smallest absolute Gasteiger partial charge is 0.142 e. The van der Waals surface area contributed by atoms with E-state index in [2.05, 4.69) is 20.8 Å². The Kier molecular flexibility index (Phi) is 4.75. The summed E-state index contributed by atoms with van der Waals surface area (Å²) in [5.41, 5.74) is 6.99. The van der Waals surface area contributed by atoms with Gasteiger partial charge in [-0.15, -0.1) is 0 Å². The van der Waals surface area contributed by atoms with Gasteiger partial charge in [-0.1, -0.05) is 38.4 Å². The molecule has 0 aliphatic rings. The SMILES string of the molecule is CC(C)C(C)C(N)Cc1ccc(Cl)c(F)c1. The summed E-state index contributed by atoms with van der Waals surface area (Å²) in [5.74, 6) is 0.578. The summed E-state index contributed by atoms with van der Waals surface area (Å²) in [7, 11) is 0. The van der Waals surface area contributed by atoms with Crippen molar-refractivity contribution in [1.29, 1.82) is 0 Å². The Morgan fingerprint density at radius 1 is 1.31 bits per heavy atom. The average Bonchev–Trinajstić information content (AvgIpc) is 2.22. The van der Waals surface area contributed by atoms with Gasteiger partial charge >= 0.3 is 0 Å². The van der Waals surface area contributed by atoms with E-state index in [0.717, 1.165) is 5.56 Å². The third-order valence-corrected chi connectivity index (χ3v) is 3.49. The predicted octanol–water partition coefficient (Wildman–Crippen LogP) is 3.64. The minimum atomic E-state index is -0.372. The van der Waals surface area contributed by atoms with Crippen LogP contribution < -0.4 is 5.73 Å². The Labute approximate surface area is 102 Å². The van der Waals surface area contributed by atoms with Gasteiger partial charge in [0.15, 0.2) is 0 Å². The van der Waals surface area contributed by atoms with Crippen molar-refractivity contribution >= 4 is 11.6 Å². The molecule has 0 radical (unpaired) electrons. The fourth-order valence-corrected chi connectivity index (χ4v) is 1.74. The Bertz CT molecular complexity index is 352. The normalized spacial score (nSPS) is 15.2. The lowest BCUT2D eigenvalue weighted by Crippen LogP contribution is -2.33. The van der Waals surface area contributed by atoms with Crippen molar-refractivity contribution in [3.63, 3.8) is 0 Å². The molecule has 1 aromatic carbocycles. The van der Waals surface area contributed by atoms with Crippen LogP contribution in [0.3, 0.4) is 0 Å². The zero-order valence-electron chi connectivity index (χ0n) is 10.0.